The summed E-state index contributed by atoms with van der Waals surface area (Å²) >= 11 is 1.73. The number of fused-ring (bicyclic) bond motifs is 1. The highest BCUT2D eigenvalue weighted by atomic mass is 32.1. The molecule has 110 valence electrons. The Morgan fingerprint density at radius 2 is 2.05 bits per heavy atom. The van der Waals surface area contributed by atoms with Crippen LogP contribution in [-0.4, -0.2) is 15.0 Å². The molecule has 0 aliphatic heterocycles. The van der Waals surface area contributed by atoms with Gasteiger partial charge < -0.3 is 15.3 Å². The molecule has 3 rings (SSSR count). The van der Waals surface area contributed by atoms with Gasteiger partial charge in [-0.3, -0.25) is 0 Å². The van der Waals surface area contributed by atoms with Crippen LogP contribution in [0, 0.1) is 13.8 Å². The van der Waals surface area contributed by atoms with Crippen LogP contribution >= 0.6 is 11.3 Å². The summed E-state index contributed by atoms with van der Waals surface area (Å²) in [7, 11) is 0. The summed E-state index contributed by atoms with van der Waals surface area (Å²) < 4.78 is 0. The number of nitrogens with zero attached hydrogens (tertiary/aromatic N) is 1. The summed E-state index contributed by atoms with van der Waals surface area (Å²) in [5, 5.41) is 4.61. The summed E-state index contributed by atoms with van der Waals surface area (Å²) in [6.07, 6.45) is 0. The van der Waals surface area contributed by atoms with Crippen LogP contribution in [0.15, 0.2) is 23.0 Å². The minimum absolute atomic E-state index is 0.168. The van der Waals surface area contributed by atoms with E-state index < -0.39 is 0 Å². The first-order valence-corrected chi connectivity index (χ1v) is 7.73. The number of hydrogen-bond donors (Lipinski definition) is 3. The van der Waals surface area contributed by atoms with Crippen LogP contribution in [-0.2, 0) is 6.54 Å². The first kappa shape index (κ1) is 14.0. The van der Waals surface area contributed by atoms with E-state index in [0.717, 1.165) is 33.8 Å². The third kappa shape index (κ3) is 2.91. The Morgan fingerprint density at radius 1 is 1.29 bits per heavy atom. The van der Waals surface area contributed by atoms with Crippen molar-refractivity contribution >= 4 is 22.4 Å². The molecule has 6 heteroatoms. The predicted octanol–water partition coefficient (Wildman–Crippen LogP) is 2.78. The quantitative estimate of drug-likeness (QED) is 0.694. The molecule has 2 aromatic heterocycles. The molecule has 0 radical (unpaired) electrons. The van der Waals surface area contributed by atoms with Gasteiger partial charge in [-0.25, -0.2) is 9.78 Å². The maximum atomic E-state index is 11.3. The fraction of sp³-hybridized carbons (Fsp3) is 0.333. The number of aromatic amines is 2. The second-order valence-corrected chi connectivity index (χ2v) is 6.52. The summed E-state index contributed by atoms with van der Waals surface area (Å²) in [6, 6.07) is 6.18. The lowest BCUT2D eigenvalue weighted by Crippen LogP contribution is -2.17. The maximum absolute atomic E-state index is 11.3. The van der Waals surface area contributed by atoms with Crippen molar-refractivity contribution in [3.05, 3.63) is 49.8 Å². The molecule has 0 saturated heterocycles. The Balaban J connectivity index is 1.75. The summed E-state index contributed by atoms with van der Waals surface area (Å²) in [6.45, 7) is 7.00. The number of thiazole rings is 1. The fourth-order valence-corrected chi connectivity index (χ4v) is 3.31. The van der Waals surface area contributed by atoms with Gasteiger partial charge in [-0.05, 0) is 38.5 Å². The van der Waals surface area contributed by atoms with Gasteiger partial charge >= 0.3 is 5.69 Å². The maximum Gasteiger partial charge on any atom is 0.323 e. The molecule has 2 heterocycles. The number of hydrogen-bond acceptors (Lipinski definition) is 4. The first-order chi connectivity index (χ1) is 10.0. The lowest BCUT2D eigenvalue weighted by atomic mass is 10.1. The number of imidazole rings is 1. The van der Waals surface area contributed by atoms with Crippen LogP contribution in [0.2, 0.25) is 0 Å². The SMILES string of the molecule is Cc1nc(C)c(CNC(C)c2ccc3[nH]c(=O)[nH]c3c2)s1. The number of aromatic nitrogens is 3. The lowest BCUT2D eigenvalue weighted by Gasteiger charge is -2.13. The Morgan fingerprint density at radius 3 is 2.76 bits per heavy atom. The molecule has 0 saturated carbocycles. The highest BCUT2D eigenvalue weighted by Crippen LogP contribution is 2.20. The van der Waals surface area contributed by atoms with E-state index in [4.69, 9.17) is 0 Å². The Kier molecular flexibility index (Phi) is 3.65. The molecule has 5 nitrogen and oxygen atoms in total. The second-order valence-electron chi connectivity index (χ2n) is 5.23. The van der Waals surface area contributed by atoms with Crippen molar-refractivity contribution in [3.8, 4) is 0 Å². The third-order valence-corrected chi connectivity index (χ3v) is 4.68. The average molecular weight is 302 g/mol. The zero-order valence-corrected chi connectivity index (χ0v) is 13.1. The van der Waals surface area contributed by atoms with Gasteiger partial charge in [0.1, 0.15) is 0 Å². The zero-order chi connectivity index (χ0) is 15.0. The van der Waals surface area contributed by atoms with E-state index in [9.17, 15) is 4.79 Å². The molecule has 3 aromatic rings. The molecule has 1 aromatic carbocycles. The van der Waals surface area contributed by atoms with E-state index in [1.807, 2.05) is 32.0 Å². The molecule has 0 aliphatic carbocycles. The van der Waals surface area contributed by atoms with E-state index in [1.54, 1.807) is 11.3 Å². The largest absolute Gasteiger partial charge is 0.323 e. The fourth-order valence-electron chi connectivity index (χ4n) is 2.42. The number of nitrogens with one attached hydrogen (secondary N) is 3. The summed E-state index contributed by atoms with van der Waals surface area (Å²) in [5.74, 6) is 0. The molecule has 0 fully saturated rings. The molecule has 1 atom stereocenters. The van der Waals surface area contributed by atoms with E-state index in [2.05, 4.69) is 27.2 Å². The van der Waals surface area contributed by atoms with Crippen LogP contribution in [0.4, 0.5) is 0 Å². The standard InChI is InChI=1S/C15H18N4OS/c1-8(16-7-14-9(2)17-10(3)21-14)11-4-5-12-13(6-11)19-15(20)18-12/h4-6,8,16H,7H2,1-3H3,(H2,18,19,20). The Labute approximate surface area is 126 Å². The van der Waals surface area contributed by atoms with Gasteiger partial charge in [0.2, 0.25) is 0 Å². The minimum atomic E-state index is -0.168. The Hall–Kier alpha value is -1.92. The van der Waals surface area contributed by atoms with Crippen LogP contribution in [0.5, 0.6) is 0 Å². The van der Waals surface area contributed by atoms with E-state index in [1.165, 1.54) is 4.88 Å². The molecule has 21 heavy (non-hydrogen) atoms. The second kappa shape index (κ2) is 5.46. The van der Waals surface area contributed by atoms with Crippen molar-refractivity contribution in [2.75, 3.05) is 0 Å². The van der Waals surface area contributed by atoms with Crippen LogP contribution < -0.4 is 11.0 Å². The third-order valence-electron chi connectivity index (χ3n) is 3.61. The zero-order valence-electron chi connectivity index (χ0n) is 12.3. The smallest absolute Gasteiger partial charge is 0.306 e. The summed E-state index contributed by atoms with van der Waals surface area (Å²) in [4.78, 5) is 22.5. The molecule has 0 spiro atoms. The van der Waals surface area contributed by atoms with Gasteiger partial charge in [0, 0.05) is 17.5 Å². The van der Waals surface area contributed by atoms with Crippen LogP contribution in [0.1, 0.15) is 34.1 Å². The number of aryl methyl sites for hydroxylation is 2. The first-order valence-electron chi connectivity index (χ1n) is 6.91. The van der Waals surface area contributed by atoms with Crippen LogP contribution in [0.25, 0.3) is 11.0 Å². The highest BCUT2D eigenvalue weighted by Gasteiger charge is 2.10. The monoisotopic (exact) mass is 302 g/mol. The minimum Gasteiger partial charge on any atom is -0.306 e. The van der Waals surface area contributed by atoms with E-state index >= 15 is 0 Å². The highest BCUT2D eigenvalue weighted by molar-refractivity contribution is 7.11. The van der Waals surface area contributed by atoms with Gasteiger partial charge in [-0.1, -0.05) is 6.07 Å². The average Bonchev–Trinajstić information content (AvgIpc) is 2.96. The number of H-pyrrole nitrogens is 2. The predicted molar refractivity (Wildman–Crippen MR) is 85.8 cm³/mol. The molecular weight excluding hydrogens is 284 g/mol. The molecule has 0 amide bonds. The molecule has 3 N–H and O–H groups in total. The molecule has 0 aliphatic rings. The van der Waals surface area contributed by atoms with Gasteiger partial charge in [0.15, 0.2) is 0 Å². The van der Waals surface area contributed by atoms with E-state index in [-0.39, 0.29) is 11.7 Å². The van der Waals surface area contributed by atoms with Crippen molar-refractivity contribution < 1.29 is 0 Å². The van der Waals surface area contributed by atoms with Crippen molar-refractivity contribution in [3.63, 3.8) is 0 Å². The van der Waals surface area contributed by atoms with Crippen molar-refractivity contribution in [1.29, 1.82) is 0 Å². The van der Waals surface area contributed by atoms with Gasteiger partial charge in [-0.2, -0.15) is 0 Å². The summed E-state index contributed by atoms with van der Waals surface area (Å²) in [5.41, 5.74) is 3.76. The molecule has 1 unspecified atom stereocenters. The molecule has 0 bridgehead atoms. The van der Waals surface area contributed by atoms with Gasteiger partial charge in [0.05, 0.1) is 21.7 Å². The number of rotatable bonds is 4. The van der Waals surface area contributed by atoms with Crippen molar-refractivity contribution in [1.82, 2.24) is 20.3 Å². The normalized spacial score (nSPS) is 12.9. The van der Waals surface area contributed by atoms with E-state index in [0.29, 0.717) is 0 Å². The lowest BCUT2D eigenvalue weighted by molar-refractivity contribution is 0.577. The van der Waals surface area contributed by atoms with Crippen LogP contribution in [0.3, 0.4) is 0 Å². The molecular formula is C15H18N4OS. The number of benzene rings is 1. The van der Waals surface area contributed by atoms with Crippen molar-refractivity contribution in [2.24, 2.45) is 0 Å². The van der Waals surface area contributed by atoms with Gasteiger partial charge in [-0.15, -0.1) is 11.3 Å². The topological polar surface area (TPSA) is 73.6 Å². The Bertz CT molecular complexity index is 830. The van der Waals surface area contributed by atoms with Gasteiger partial charge in [0.25, 0.3) is 0 Å². The van der Waals surface area contributed by atoms with Crippen molar-refractivity contribution in [2.45, 2.75) is 33.4 Å².